The van der Waals surface area contributed by atoms with Crippen molar-refractivity contribution >= 4 is 29.3 Å². The average molecular weight is 449 g/mol. The van der Waals surface area contributed by atoms with Crippen molar-refractivity contribution in [3.05, 3.63) is 70.6 Å². The molecule has 0 aliphatic carbocycles. The van der Waals surface area contributed by atoms with E-state index in [2.05, 4.69) is 0 Å². The first kappa shape index (κ1) is 21.9. The summed E-state index contributed by atoms with van der Waals surface area (Å²) in [5.41, 5.74) is 0.697. The first-order chi connectivity index (χ1) is 14.5. The average Bonchev–Trinajstić information content (AvgIpc) is 3.25. The molecule has 0 saturated heterocycles. The molecule has 30 heavy (non-hydrogen) atoms. The zero-order chi connectivity index (χ0) is 21.5. The highest BCUT2D eigenvalue weighted by Crippen LogP contribution is 2.38. The van der Waals surface area contributed by atoms with Gasteiger partial charge in [0.05, 0.1) is 27.1 Å². The third kappa shape index (κ3) is 5.43. The molecule has 1 heterocycles. The molecule has 0 N–H and O–H groups in total. The molecule has 1 aromatic heterocycles. The number of thioether (sulfide) groups is 1. The number of methoxy groups -OCH3 is 3. The Balaban J connectivity index is 1.59. The summed E-state index contributed by atoms with van der Waals surface area (Å²) in [7, 11) is 4.58. The molecule has 0 unspecified atom stereocenters. The first-order valence-corrected chi connectivity index (χ1v) is 10.3. The lowest BCUT2D eigenvalue weighted by Gasteiger charge is -2.14. The van der Waals surface area contributed by atoms with Crippen molar-refractivity contribution in [1.82, 2.24) is 0 Å². The summed E-state index contributed by atoms with van der Waals surface area (Å²) in [6.45, 7) is 0.0328. The van der Waals surface area contributed by atoms with Crippen LogP contribution in [0.2, 0.25) is 5.02 Å². The lowest BCUT2D eigenvalue weighted by Crippen LogP contribution is -2.05. The standard InChI is InChI=1S/C22H21ClO6S/c1-25-19-10-14(11-20(26-2)21(19)27-3)12-28-22(24)18-9-6-16(29-18)13-30-17-7-4-15(23)5-8-17/h4-11H,12-13H2,1-3H3. The summed E-state index contributed by atoms with van der Waals surface area (Å²) < 4.78 is 26.9. The number of hydrogen-bond acceptors (Lipinski definition) is 7. The molecular formula is C22H21ClO6S. The number of carbonyl (C=O) groups is 1. The summed E-state index contributed by atoms with van der Waals surface area (Å²) in [6, 6.07) is 14.4. The van der Waals surface area contributed by atoms with Gasteiger partial charge in [-0.15, -0.1) is 11.8 Å². The topological polar surface area (TPSA) is 67.1 Å². The molecule has 0 aliphatic heterocycles. The van der Waals surface area contributed by atoms with Gasteiger partial charge < -0.3 is 23.4 Å². The molecule has 0 amide bonds. The van der Waals surface area contributed by atoms with E-state index in [1.165, 1.54) is 21.3 Å². The van der Waals surface area contributed by atoms with Gasteiger partial charge in [0, 0.05) is 9.92 Å². The zero-order valence-corrected chi connectivity index (χ0v) is 18.3. The van der Waals surface area contributed by atoms with Crippen LogP contribution in [0.5, 0.6) is 17.2 Å². The Kier molecular flexibility index (Phi) is 7.54. The molecule has 0 atom stereocenters. The van der Waals surface area contributed by atoms with Crippen LogP contribution in [-0.4, -0.2) is 27.3 Å². The van der Waals surface area contributed by atoms with Crippen LogP contribution >= 0.6 is 23.4 Å². The fraction of sp³-hybridized carbons (Fsp3) is 0.227. The number of esters is 1. The van der Waals surface area contributed by atoms with Gasteiger partial charge in [-0.05, 0) is 54.1 Å². The molecule has 0 spiro atoms. The molecule has 0 radical (unpaired) electrons. The Labute approximate surface area is 184 Å². The van der Waals surface area contributed by atoms with Crippen LogP contribution in [0.3, 0.4) is 0 Å². The molecule has 8 heteroatoms. The Morgan fingerprint density at radius 2 is 1.63 bits per heavy atom. The van der Waals surface area contributed by atoms with E-state index in [0.29, 0.717) is 39.3 Å². The number of benzene rings is 2. The molecule has 0 fully saturated rings. The maximum absolute atomic E-state index is 12.4. The molecule has 2 aromatic carbocycles. The lowest BCUT2D eigenvalue weighted by molar-refractivity contribution is 0.0434. The van der Waals surface area contributed by atoms with E-state index in [1.807, 2.05) is 24.3 Å². The molecule has 0 saturated carbocycles. The molecule has 158 valence electrons. The first-order valence-electron chi connectivity index (χ1n) is 8.97. The normalized spacial score (nSPS) is 10.5. The summed E-state index contributed by atoms with van der Waals surface area (Å²) in [5.74, 6) is 2.31. The Hall–Kier alpha value is -2.77. The van der Waals surface area contributed by atoms with Crippen LogP contribution in [0.15, 0.2) is 57.8 Å². The van der Waals surface area contributed by atoms with E-state index >= 15 is 0 Å². The number of carbonyl (C=O) groups excluding carboxylic acids is 1. The van der Waals surface area contributed by atoms with Crippen LogP contribution in [0.4, 0.5) is 0 Å². The Morgan fingerprint density at radius 3 is 2.23 bits per heavy atom. The van der Waals surface area contributed by atoms with Crippen LogP contribution in [-0.2, 0) is 17.1 Å². The van der Waals surface area contributed by atoms with Gasteiger partial charge in [0.25, 0.3) is 0 Å². The van der Waals surface area contributed by atoms with Crippen molar-refractivity contribution in [1.29, 1.82) is 0 Å². The highest BCUT2D eigenvalue weighted by atomic mass is 35.5. The van der Waals surface area contributed by atoms with Crippen molar-refractivity contribution in [3.8, 4) is 17.2 Å². The number of furan rings is 1. The fourth-order valence-electron chi connectivity index (χ4n) is 2.69. The smallest absolute Gasteiger partial charge is 0.374 e. The number of hydrogen-bond donors (Lipinski definition) is 0. The minimum Gasteiger partial charge on any atom is -0.493 e. The molecule has 0 bridgehead atoms. The second kappa shape index (κ2) is 10.3. The SMILES string of the molecule is COc1cc(COC(=O)c2ccc(CSc3ccc(Cl)cc3)o2)cc(OC)c1OC. The van der Waals surface area contributed by atoms with E-state index in [1.54, 1.807) is 36.0 Å². The van der Waals surface area contributed by atoms with E-state index in [0.717, 1.165) is 4.90 Å². The van der Waals surface area contributed by atoms with Crippen molar-refractivity contribution in [2.75, 3.05) is 21.3 Å². The third-order valence-corrected chi connectivity index (χ3v) is 5.44. The van der Waals surface area contributed by atoms with Gasteiger partial charge >= 0.3 is 5.97 Å². The van der Waals surface area contributed by atoms with Crippen LogP contribution in [0, 0.1) is 0 Å². The Bertz CT molecular complexity index is 974. The fourth-order valence-corrected chi connectivity index (χ4v) is 3.61. The molecule has 6 nitrogen and oxygen atoms in total. The van der Waals surface area contributed by atoms with Crippen molar-refractivity contribution in [2.45, 2.75) is 17.3 Å². The second-order valence-electron chi connectivity index (χ2n) is 6.12. The van der Waals surface area contributed by atoms with Gasteiger partial charge in [0.2, 0.25) is 11.5 Å². The summed E-state index contributed by atoms with van der Waals surface area (Å²) >= 11 is 7.48. The van der Waals surface area contributed by atoms with Crippen molar-refractivity contribution in [2.24, 2.45) is 0 Å². The predicted octanol–water partition coefficient (Wildman–Crippen LogP) is 5.61. The zero-order valence-electron chi connectivity index (χ0n) is 16.8. The van der Waals surface area contributed by atoms with E-state index in [-0.39, 0.29) is 12.4 Å². The van der Waals surface area contributed by atoms with Crippen LogP contribution in [0.25, 0.3) is 0 Å². The quantitative estimate of drug-likeness (QED) is 0.311. The second-order valence-corrected chi connectivity index (χ2v) is 7.60. The lowest BCUT2D eigenvalue weighted by atomic mass is 10.2. The largest absolute Gasteiger partial charge is 0.493 e. The summed E-state index contributed by atoms with van der Waals surface area (Å²) in [6.07, 6.45) is 0. The highest BCUT2D eigenvalue weighted by molar-refractivity contribution is 7.98. The van der Waals surface area contributed by atoms with Crippen LogP contribution < -0.4 is 14.2 Å². The third-order valence-electron chi connectivity index (χ3n) is 4.15. The van der Waals surface area contributed by atoms with Gasteiger partial charge in [0.15, 0.2) is 11.5 Å². The molecule has 3 aromatic rings. The van der Waals surface area contributed by atoms with Crippen molar-refractivity contribution < 1.29 is 28.2 Å². The summed E-state index contributed by atoms with van der Waals surface area (Å²) in [5, 5.41) is 0.689. The Morgan fingerprint density at radius 1 is 0.967 bits per heavy atom. The maximum atomic E-state index is 12.4. The van der Waals surface area contributed by atoms with Crippen molar-refractivity contribution in [3.63, 3.8) is 0 Å². The van der Waals surface area contributed by atoms with Gasteiger partial charge in [-0.2, -0.15) is 0 Å². The molecular weight excluding hydrogens is 428 g/mol. The van der Waals surface area contributed by atoms with Gasteiger partial charge in [0.1, 0.15) is 12.4 Å². The molecule has 0 aliphatic rings. The van der Waals surface area contributed by atoms with E-state index in [9.17, 15) is 4.79 Å². The van der Waals surface area contributed by atoms with Gasteiger partial charge in [-0.3, -0.25) is 0 Å². The summed E-state index contributed by atoms with van der Waals surface area (Å²) in [4.78, 5) is 13.4. The minimum absolute atomic E-state index is 0.0328. The highest BCUT2D eigenvalue weighted by Gasteiger charge is 2.16. The van der Waals surface area contributed by atoms with Gasteiger partial charge in [-0.25, -0.2) is 4.79 Å². The maximum Gasteiger partial charge on any atom is 0.374 e. The van der Waals surface area contributed by atoms with Crippen LogP contribution in [0.1, 0.15) is 21.9 Å². The monoisotopic (exact) mass is 448 g/mol. The van der Waals surface area contributed by atoms with E-state index in [4.69, 9.17) is 35.0 Å². The number of ether oxygens (including phenoxy) is 4. The van der Waals surface area contributed by atoms with Gasteiger partial charge in [-0.1, -0.05) is 11.6 Å². The number of halogens is 1. The minimum atomic E-state index is -0.550. The molecule has 3 rings (SSSR count). The predicted molar refractivity (Wildman–Crippen MR) is 115 cm³/mol. The van der Waals surface area contributed by atoms with E-state index < -0.39 is 5.97 Å². The number of rotatable bonds is 9.